The Bertz CT molecular complexity index is 523. The van der Waals surface area contributed by atoms with Crippen molar-refractivity contribution in [2.75, 3.05) is 20.2 Å². The maximum Gasteiger partial charge on any atom is 0.194 e. The Kier molecular flexibility index (Phi) is 4.17. The lowest BCUT2D eigenvalue weighted by molar-refractivity contribution is -0.107. The Morgan fingerprint density at radius 3 is 3.05 bits per heavy atom. The van der Waals surface area contributed by atoms with Crippen LogP contribution in [-0.2, 0) is 11.3 Å². The van der Waals surface area contributed by atoms with Crippen LogP contribution in [0.2, 0.25) is 0 Å². The number of rotatable bonds is 4. The minimum Gasteiger partial charge on any atom is -0.377 e. The quantitative estimate of drug-likeness (QED) is 0.662. The number of aromatic nitrogens is 1. The van der Waals surface area contributed by atoms with Crippen LogP contribution in [0.4, 0.5) is 0 Å². The molecule has 0 amide bonds. The van der Waals surface area contributed by atoms with Crippen molar-refractivity contribution >= 4 is 5.96 Å². The molecule has 2 N–H and O–H groups in total. The first-order chi connectivity index (χ1) is 10.5. The van der Waals surface area contributed by atoms with E-state index in [4.69, 9.17) is 4.74 Å². The predicted octanol–water partition coefficient (Wildman–Crippen LogP) is 2.23. The van der Waals surface area contributed by atoms with Crippen LogP contribution in [0.25, 0.3) is 0 Å². The number of guanidine groups is 1. The average molecular weight is 304 g/mol. The Balaban J connectivity index is 1.68. The van der Waals surface area contributed by atoms with Crippen LogP contribution in [0.1, 0.15) is 32.9 Å². The summed E-state index contributed by atoms with van der Waals surface area (Å²) >= 11 is 0. The van der Waals surface area contributed by atoms with E-state index in [2.05, 4.69) is 54.1 Å². The molecule has 0 radical (unpaired) electrons. The second kappa shape index (κ2) is 5.95. The average Bonchev–Trinajstić information content (AvgIpc) is 3.13. The van der Waals surface area contributed by atoms with Gasteiger partial charge in [0.15, 0.2) is 5.96 Å². The summed E-state index contributed by atoms with van der Waals surface area (Å²) < 4.78 is 5.89. The molecule has 3 rings (SSSR count). The van der Waals surface area contributed by atoms with Gasteiger partial charge in [0.2, 0.25) is 0 Å². The van der Waals surface area contributed by atoms with Crippen molar-refractivity contribution in [3.8, 4) is 0 Å². The van der Waals surface area contributed by atoms with Gasteiger partial charge in [-0.1, -0.05) is 13.8 Å². The number of fused-ring (bicyclic) bond motifs is 1. The summed E-state index contributed by atoms with van der Waals surface area (Å²) in [5.41, 5.74) is 1.37. The molecule has 122 valence electrons. The third kappa shape index (κ3) is 2.62. The summed E-state index contributed by atoms with van der Waals surface area (Å²) in [6, 6.07) is 4.58. The van der Waals surface area contributed by atoms with Crippen LogP contribution in [0.15, 0.2) is 23.3 Å². The lowest BCUT2D eigenvalue weighted by Gasteiger charge is -2.55. The fraction of sp³-hybridized carbons (Fsp3) is 0.706. The Hall–Kier alpha value is -1.49. The lowest BCUT2D eigenvalue weighted by atomic mass is 9.57. The van der Waals surface area contributed by atoms with Crippen molar-refractivity contribution in [2.24, 2.45) is 16.3 Å². The SMILES string of the molecule is CCN=C(NC1C2CCOC2C1(C)C)N(C)Cc1ccc[nH]1. The highest BCUT2D eigenvalue weighted by atomic mass is 16.5. The molecule has 0 spiro atoms. The number of hydrogen-bond donors (Lipinski definition) is 2. The second-order valence-electron chi connectivity index (χ2n) is 7.04. The Morgan fingerprint density at radius 2 is 2.36 bits per heavy atom. The minimum atomic E-state index is 0.170. The van der Waals surface area contributed by atoms with E-state index in [9.17, 15) is 0 Å². The van der Waals surface area contributed by atoms with E-state index in [0.29, 0.717) is 18.1 Å². The largest absolute Gasteiger partial charge is 0.377 e. The number of aliphatic imine (C=N–C) groups is 1. The Morgan fingerprint density at radius 1 is 1.55 bits per heavy atom. The highest BCUT2D eigenvalue weighted by molar-refractivity contribution is 5.80. The zero-order chi connectivity index (χ0) is 15.7. The predicted molar refractivity (Wildman–Crippen MR) is 88.8 cm³/mol. The van der Waals surface area contributed by atoms with Gasteiger partial charge in [-0.3, -0.25) is 4.99 Å². The molecular formula is C17H28N4O. The first-order valence-electron chi connectivity index (χ1n) is 8.30. The molecule has 1 saturated carbocycles. The van der Waals surface area contributed by atoms with Crippen molar-refractivity contribution in [1.82, 2.24) is 15.2 Å². The summed E-state index contributed by atoms with van der Waals surface area (Å²) in [5, 5.41) is 3.71. The van der Waals surface area contributed by atoms with Gasteiger partial charge in [-0.25, -0.2) is 0 Å². The van der Waals surface area contributed by atoms with Gasteiger partial charge < -0.3 is 19.9 Å². The van der Waals surface area contributed by atoms with Gasteiger partial charge in [0.25, 0.3) is 0 Å². The topological polar surface area (TPSA) is 52.7 Å². The second-order valence-corrected chi connectivity index (χ2v) is 7.04. The molecule has 22 heavy (non-hydrogen) atoms. The molecule has 1 aromatic heterocycles. The van der Waals surface area contributed by atoms with Gasteiger partial charge >= 0.3 is 0 Å². The van der Waals surface area contributed by atoms with Crippen molar-refractivity contribution in [2.45, 2.75) is 45.9 Å². The summed E-state index contributed by atoms with van der Waals surface area (Å²) in [4.78, 5) is 10.1. The third-order valence-electron chi connectivity index (χ3n) is 5.12. The zero-order valence-electron chi connectivity index (χ0n) is 14.1. The fourth-order valence-electron chi connectivity index (χ4n) is 3.98. The number of nitrogens with zero attached hydrogens (tertiary/aromatic N) is 2. The molecule has 3 atom stereocenters. The summed E-state index contributed by atoms with van der Waals surface area (Å²) in [6.45, 7) is 9.19. The number of nitrogens with one attached hydrogen (secondary N) is 2. The molecule has 0 aromatic carbocycles. The maximum atomic E-state index is 5.89. The molecular weight excluding hydrogens is 276 g/mol. The van der Waals surface area contributed by atoms with E-state index in [-0.39, 0.29) is 5.41 Å². The van der Waals surface area contributed by atoms with E-state index in [0.717, 1.165) is 32.1 Å². The summed E-state index contributed by atoms with van der Waals surface area (Å²) in [6.07, 6.45) is 3.52. The normalized spacial score (nSPS) is 29.8. The van der Waals surface area contributed by atoms with E-state index in [1.807, 2.05) is 12.3 Å². The van der Waals surface area contributed by atoms with Gasteiger partial charge in [-0.15, -0.1) is 0 Å². The lowest BCUT2D eigenvalue weighted by Crippen LogP contribution is -2.67. The van der Waals surface area contributed by atoms with Crippen LogP contribution in [-0.4, -0.2) is 48.2 Å². The molecule has 1 saturated heterocycles. The molecule has 2 heterocycles. The molecule has 1 aliphatic carbocycles. The summed E-state index contributed by atoms with van der Waals surface area (Å²) in [5.74, 6) is 1.61. The highest BCUT2D eigenvalue weighted by Gasteiger charge is 2.59. The monoisotopic (exact) mass is 304 g/mol. The van der Waals surface area contributed by atoms with E-state index in [1.54, 1.807) is 0 Å². The van der Waals surface area contributed by atoms with Crippen LogP contribution >= 0.6 is 0 Å². The molecule has 0 bridgehead atoms. The Labute approximate surface area is 133 Å². The number of H-pyrrole nitrogens is 1. The minimum absolute atomic E-state index is 0.170. The maximum absolute atomic E-state index is 5.89. The molecule has 2 fully saturated rings. The molecule has 5 nitrogen and oxygen atoms in total. The molecule has 5 heteroatoms. The van der Waals surface area contributed by atoms with E-state index < -0.39 is 0 Å². The zero-order valence-corrected chi connectivity index (χ0v) is 14.1. The fourth-order valence-corrected chi connectivity index (χ4v) is 3.98. The van der Waals surface area contributed by atoms with Gasteiger partial charge in [-0.05, 0) is 25.5 Å². The number of hydrogen-bond acceptors (Lipinski definition) is 2. The van der Waals surface area contributed by atoms with Crippen LogP contribution in [0, 0.1) is 11.3 Å². The van der Waals surface area contributed by atoms with Gasteiger partial charge in [0.05, 0.1) is 12.6 Å². The van der Waals surface area contributed by atoms with Crippen molar-refractivity contribution in [3.05, 3.63) is 24.0 Å². The third-order valence-corrected chi connectivity index (χ3v) is 5.12. The number of ether oxygens (including phenoxy) is 1. The smallest absolute Gasteiger partial charge is 0.194 e. The van der Waals surface area contributed by atoms with E-state index >= 15 is 0 Å². The molecule has 2 aliphatic rings. The van der Waals surface area contributed by atoms with Gasteiger partial charge in [0.1, 0.15) is 0 Å². The first kappa shape index (κ1) is 15.4. The number of aromatic amines is 1. The van der Waals surface area contributed by atoms with Crippen LogP contribution in [0.5, 0.6) is 0 Å². The molecule has 1 aliphatic heterocycles. The van der Waals surface area contributed by atoms with Crippen molar-refractivity contribution in [3.63, 3.8) is 0 Å². The first-order valence-corrected chi connectivity index (χ1v) is 8.30. The highest BCUT2D eigenvalue weighted by Crippen LogP contribution is 2.52. The summed E-state index contributed by atoms with van der Waals surface area (Å²) in [7, 11) is 2.09. The molecule has 1 aromatic rings. The standard InChI is InChI=1S/C17H28N4O/c1-5-18-16(21(4)11-12-7-6-9-19-12)20-14-13-8-10-22-15(13)17(14,2)3/h6-7,9,13-15,19H,5,8,10-11H2,1-4H3,(H,18,20). The van der Waals surface area contributed by atoms with E-state index in [1.165, 1.54) is 5.69 Å². The van der Waals surface area contributed by atoms with Crippen molar-refractivity contribution in [1.29, 1.82) is 0 Å². The van der Waals surface area contributed by atoms with Gasteiger partial charge in [-0.2, -0.15) is 0 Å². The van der Waals surface area contributed by atoms with Crippen LogP contribution in [0.3, 0.4) is 0 Å². The van der Waals surface area contributed by atoms with Gasteiger partial charge in [0, 0.05) is 49.5 Å². The van der Waals surface area contributed by atoms with Crippen molar-refractivity contribution < 1.29 is 4.74 Å². The molecule has 3 unspecified atom stereocenters. The van der Waals surface area contributed by atoms with Crippen LogP contribution < -0.4 is 5.32 Å².